The monoisotopic (exact) mass is 371 g/mol. The number of hydrogen-bond donors (Lipinski definition) is 1. The molecule has 0 spiro atoms. The van der Waals surface area contributed by atoms with Crippen molar-refractivity contribution in [1.29, 1.82) is 0 Å². The average molecular weight is 373 g/mol. The Labute approximate surface area is 136 Å². The molecule has 0 amide bonds. The number of halogens is 2. The number of aromatic nitrogens is 2. The number of benzene rings is 1. The molecule has 2 N–H and O–H groups in total. The van der Waals surface area contributed by atoms with E-state index in [-0.39, 0.29) is 6.61 Å². The summed E-state index contributed by atoms with van der Waals surface area (Å²) >= 11 is 9.50. The molecule has 5 nitrogen and oxygen atoms in total. The molecule has 0 aliphatic carbocycles. The third-order valence-electron chi connectivity index (χ3n) is 3.00. The average Bonchev–Trinajstić information content (AvgIpc) is 2.69. The van der Waals surface area contributed by atoms with Crippen LogP contribution in [0.5, 0.6) is 0 Å². The van der Waals surface area contributed by atoms with E-state index in [1.165, 1.54) is 0 Å². The highest BCUT2D eigenvalue weighted by Gasteiger charge is 2.16. The van der Waals surface area contributed by atoms with Gasteiger partial charge in [-0.15, -0.1) is 0 Å². The van der Waals surface area contributed by atoms with Crippen LogP contribution in [0, 0.1) is 0 Å². The molecule has 2 aromatic rings. The molecule has 21 heavy (non-hydrogen) atoms. The SMILES string of the molecule is CCc1nn(C)c(COC(=O)c2cc(N)cc(Br)c2)c1Cl. The van der Waals surface area contributed by atoms with Crippen LogP contribution in [-0.2, 0) is 24.8 Å². The Morgan fingerprint density at radius 1 is 1.48 bits per heavy atom. The van der Waals surface area contributed by atoms with Crippen LogP contribution in [0.1, 0.15) is 28.7 Å². The minimum atomic E-state index is -0.460. The lowest BCUT2D eigenvalue weighted by Gasteiger charge is -2.07. The first-order chi connectivity index (χ1) is 9.92. The lowest BCUT2D eigenvalue weighted by molar-refractivity contribution is 0.0463. The van der Waals surface area contributed by atoms with E-state index in [0.717, 1.165) is 16.6 Å². The first-order valence-electron chi connectivity index (χ1n) is 6.35. The zero-order valence-electron chi connectivity index (χ0n) is 11.7. The van der Waals surface area contributed by atoms with E-state index >= 15 is 0 Å². The fourth-order valence-electron chi connectivity index (χ4n) is 1.92. The minimum absolute atomic E-state index is 0.0631. The van der Waals surface area contributed by atoms with Gasteiger partial charge < -0.3 is 10.5 Å². The van der Waals surface area contributed by atoms with Gasteiger partial charge in [0, 0.05) is 17.2 Å². The Morgan fingerprint density at radius 3 is 2.76 bits per heavy atom. The summed E-state index contributed by atoms with van der Waals surface area (Å²) in [6, 6.07) is 4.93. The predicted octanol–water partition coefficient (Wildman–Crippen LogP) is 3.34. The molecule has 0 radical (unpaired) electrons. The number of nitrogens with two attached hydrogens (primary N) is 1. The van der Waals surface area contributed by atoms with Crippen LogP contribution in [0.2, 0.25) is 5.02 Å². The van der Waals surface area contributed by atoms with Crippen LogP contribution >= 0.6 is 27.5 Å². The fourth-order valence-corrected chi connectivity index (χ4v) is 2.78. The second-order valence-electron chi connectivity index (χ2n) is 4.53. The van der Waals surface area contributed by atoms with Gasteiger partial charge in [-0.25, -0.2) is 4.79 Å². The summed E-state index contributed by atoms with van der Waals surface area (Å²) in [5.74, 6) is -0.460. The second-order valence-corrected chi connectivity index (χ2v) is 5.83. The number of aryl methyl sites for hydroxylation is 2. The Morgan fingerprint density at radius 2 is 2.19 bits per heavy atom. The maximum atomic E-state index is 12.1. The molecule has 0 bridgehead atoms. The Kier molecular flexibility index (Phi) is 4.90. The van der Waals surface area contributed by atoms with Gasteiger partial charge in [-0.05, 0) is 24.6 Å². The third kappa shape index (κ3) is 3.57. The van der Waals surface area contributed by atoms with Crippen molar-refractivity contribution >= 4 is 39.2 Å². The van der Waals surface area contributed by atoms with E-state index in [2.05, 4.69) is 21.0 Å². The van der Waals surface area contributed by atoms with Crippen LogP contribution in [0.25, 0.3) is 0 Å². The highest BCUT2D eigenvalue weighted by Crippen LogP contribution is 2.23. The number of carbonyl (C=O) groups excluding carboxylic acids is 1. The number of esters is 1. The number of anilines is 1. The molecule has 0 saturated heterocycles. The third-order valence-corrected chi connectivity index (χ3v) is 3.89. The maximum Gasteiger partial charge on any atom is 0.338 e. The Balaban J connectivity index is 2.13. The summed E-state index contributed by atoms with van der Waals surface area (Å²) in [7, 11) is 1.77. The number of hydrogen-bond acceptors (Lipinski definition) is 4. The van der Waals surface area contributed by atoms with Crippen molar-refractivity contribution < 1.29 is 9.53 Å². The van der Waals surface area contributed by atoms with Gasteiger partial charge in [0.1, 0.15) is 6.61 Å². The zero-order chi connectivity index (χ0) is 15.6. The highest BCUT2D eigenvalue weighted by molar-refractivity contribution is 9.10. The molecule has 0 saturated carbocycles. The van der Waals surface area contributed by atoms with E-state index in [0.29, 0.717) is 22.0 Å². The van der Waals surface area contributed by atoms with E-state index in [1.54, 1.807) is 29.9 Å². The topological polar surface area (TPSA) is 70.1 Å². The molecular formula is C14H15BrClN3O2. The van der Waals surface area contributed by atoms with Crippen LogP contribution < -0.4 is 5.73 Å². The van der Waals surface area contributed by atoms with Crippen molar-refractivity contribution in [3.05, 3.63) is 44.6 Å². The van der Waals surface area contributed by atoms with Gasteiger partial charge in [0.25, 0.3) is 0 Å². The summed E-state index contributed by atoms with van der Waals surface area (Å²) in [5.41, 5.74) is 8.04. The molecule has 1 heterocycles. The lowest BCUT2D eigenvalue weighted by atomic mass is 10.2. The van der Waals surface area contributed by atoms with Crippen molar-refractivity contribution in [1.82, 2.24) is 9.78 Å². The van der Waals surface area contributed by atoms with Gasteiger partial charge in [-0.1, -0.05) is 34.5 Å². The Bertz CT molecular complexity index is 665. The van der Waals surface area contributed by atoms with E-state index in [4.69, 9.17) is 22.1 Å². The minimum Gasteiger partial charge on any atom is -0.456 e. The van der Waals surface area contributed by atoms with Crippen LogP contribution in [0.15, 0.2) is 22.7 Å². The van der Waals surface area contributed by atoms with Crippen molar-refractivity contribution in [2.24, 2.45) is 7.05 Å². The van der Waals surface area contributed by atoms with E-state index in [9.17, 15) is 4.79 Å². The lowest BCUT2D eigenvalue weighted by Crippen LogP contribution is -2.08. The molecule has 7 heteroatoms. The molecule has 1 aromatic heterocycles. The first kappa shape index (κ1) is 15.9. The van der Waals surface area contributed by atoms with Crippen LogP contribution in [0.3, 0.4) is 0 Å². The van der Waals surface area contributed by atoms with Crippen molar-refractivity contribution in [2.45, 2.75) is 20.0 Å². The maximum absolute atomic E-state index is 12.1. The molecule has 0 unspecified atom stereocenters. The summed E-state index contributed by atoms with van der Waals surface area (Å²) in [6.45, 7) is 2.03. The number of nitrogen functional groups attached to an aromatic ring is 1. The van der Waals surface area contributed by atoms with E-state index in [1.807, 2.05) is 6.92 Å². The molecule has 0 aliphatic heterocycles. The summed E-state index contributed by atoms with van der Waals surface area (Å²) in [6.07, 6.45) is 0.725. The summed E-state index contributed by atoms with van der Waals surface area (Å²) in [4.78, 5) is 12.1. The van der Waals surface area contributed by atoms with Gasteiger partial charge in [0.15, 0.2) is 0 Å². The smallest absolute Gasteiger partial charge is 0.338 e. The number of rotatable bonds is 4. The van der Waals surface area contributed by atoms with Crippen molar-refractivity contribution in [3.8, 4) is 0 Å². The molecule has 112 valence electrons. The highest BCUT2D eigenvalue weighted by atomic mass is 79.9. The van der Waals surface area contributed by atoms with E-state index < -0.39 is 5.97 Å². The number of ether oxygens (including phenoxy) is 1. The van der Waals surface area contributed by atoms with Crippen molar-refractivity contribution in [3.63, 3.8) is 0 Å². The summed E-state index contributed by atoms with van der Waals surface area (Å²) in [5, 5.41) is 4.82. The molecule has 1 aromatic carbocycles. The second kappa shape index (κ2) is 6.49. The van der Waals surface area contributed by atoms with Crippen LogP contribution in [-0.4, -0.2) is 15.7 Å². The standard InChI is InChI=1S/C14H15BrClN3O2/c1-3-11-13(16)12(19(2)18-11)7-21-14(20)8-4-9(15)6-10(17)5-8/h4-6H,3,7,17H2,1-2H3. The van der Waals surface area contributed by atoms with Gasteiger partial charge >= 0.3 is 5.97 Å². The Hall–Kier alpha value is -1.53. The van der Waals surface area contributed by atoms with Gasteiger partial charge in [-0.2, -0.15) is 5.10 Å². The molecule has 2 rings (SSSR count). The van der Waals surface area contributed by atoms with Gasteiger partial charge in [0.05, 0.1) is 22.0 Å². The van der Waals surface area contributed by atoms with Gasteiger partial charge in [0.2, 0.25) is 0 Å². The van der Waals surface area contributed by atoms with Crippen molar-refractivity contribution in [2.75, 3.05) is 5.73 Å². The first-order valence-corrected chi connectivity index (χ1v) is 7.53. The largest absolute Gasteiger partial charge is 0.456 e. The number of nitrogens with zero attached hydrogens (tertiary/aromatic N) is 2. The number of carbonyl (C=O) groups is 1. The molecular weight excluding hydrogens is 358 g/mol. The molecule has 0 aliphatic rings. The predicted molar refractivity (Wildman–Crippen MR) is 85.3 cm³/mol. The fraction of sp³-hybridized carbons (Fsp3) is 0.286. The molecule has 0 fully saturated rings. The van der Waals surface area contributed by atoms with Crippen LogP contribution in [0.4, 0.5) is 5.69 Å². The quantitative estimate of drug-likeness (QED) is 0.660. The normalized spacial score (nSPS) is 10.7. The zero-order valence-corrected chi connectivity index (χ0v) is 14.0. The molecule has 0 atom stereocenters. The van der Waals surface area contributed by atoms with Gasteiger partial charge in [-0.3, -0.25) is 4.68 Å². The summed E-state index contributed by atoms with van der Waals surface area (Å²) < 4.78 is 7.64.